The Bertz CT molecular complexity index is 626. The molecule has 5 nitrogen and oxygen atoms in total. The van der Waals surface area contributed by atoms with Crippen LogP contribution < -0.4 is 10.6 Å². The molecule has 0 radical (unpaired) electrons. The average molecular weight is 378 g/mol. The molecular weight excluding hydrogens is 368 g/mol. The molecule has 2 rings (SSSR count). The van der Waals surface area contributed by atoms with Crippen molar-refractivity contribution in [2.24, 2.45) is 0 Å². The van der Waals surface area contributed by atoms with Crippen LogP contribution in [0.25, 0.3) is 0 Å². The maximum Gasteiger partial charge on any atom is 0.287 e. The molecular formula is C12H10BrClN2O3S. The van der Waals surface area contributed by atoms with E-state index >= 15 is 0 Å². The van der Waals surface area contributed by atoms with E-state index in [1.54, 1.807) is 12.1 Å². The summed E-state index contributed by atoms with van der Waals surface area (Å²) in [6.45, 7) is 0.272. The van der Waals surface area contributed by atoms with Gasteiger partial charge in [0.1, 0.15) is 0 Å². The zero-order valence-corrected chi connectivity index (χ0v) is 13.3. The molecule has 0 saturated carbocycles. The van der Waals surface area contributed by atoms with Gasteiger partial charge in [0.2, 0.25) is 5.91 Å². The Labute approximate surface area is 132 Å². The fourth-order valence-electron chi connectivity index (χ4n) is 1.38. The lowest BCUT2D eigenvalue weighted by Crippen LogP contribution is -2.36. The number of hydrogen-bond acceptors (Lipinski definition) is 4. The number of carbonyl (C=O) groups is 2. The summed E-state index contributed by atoms with van der Waals surface area (Å²) >= 11 is 10.3. The largest absolute Gasteiger partial charge is 0.444 e. The summed E-state index contributed by atoms with van der Waals surface area (Å²) in [5, 5.41) is 5.15. The first-order chi connectivity index (χ1) is 9.54. The Morgan fingerprint density at radius 1 is 1.25 bits per heavy atom. The highest BCUT2D eigenvalue weighted by Gasteiger charge is 2.11. The summed E-state index contributed by atoms with van der Waals surface area (Å²) in [5.41, 5.74) is 0. The maximum absolute atomic E-state index is 11.6. The highest BCUT2D eigenvalue weighted by Crippen LogP contribution is 2.20. The quantitative estimate of drug-likeness (QED) is 0.841. The SMILES string of the molecule is O=C(CNC(=O)c1ccc(Br)o1)NCc1ccc(Cl)s1. The van der Waals surface area contributed by atoms with E-state index in [1.807, 2.05) is 6.07 Å². The van der Waals surface area contributed by atoms with Gasteiger partial charge in [0.15, 0.2) is 10.4 Å². The second-order valence-corrected chi connectivity index (χ2v) is 6.35. The first-order valence-corrected chi connectivity index (χ1v) is 7.58. The van der Waals surface area contributed by atoms with Crippen LogP contribution in [0.4, 0.5) is 0 Å². The van der Waals surface area contributed by atoms with Crippen LogP contribution >= 0.6 is 38.9 Å². The first kappa shape index (κ1) is 15.1. The predicted molar refractivity (Wildman–Crippen MR) is 79.9 cm³/mol. The molecule has 0 aliphatic heterocycles. The number of rotatable bonds is 5. The van der Waals surface area contributed by atoms with E-state index in [9.17, 15) is 9.59 Å². The summed E-state index contributed by atoms with van der Waals surface area (Å²) in [6.07, 6.45) is 0. The van der Waals surface area contributed by atoms with Crippen molar-refractivity contribution in [2.75, 3.05) is 6.54 Å². The lowest BCUT2D eigenvalue weighted by atomic mass is 10.4. The lowest BCUT2D eigenvalue weighted by Gasteiger charge is -2.04. The molecule has 8 heteroatoms. The van der Waals surface area contributed by atoms with Crippen molar-refractivity contribution in [3.8, 4) is 0 Å². The third-order valence-electron chi connectivity index (χ3n) is 2.30. The van der Waals surface area contributed by atoms with Gasteiger partial charge in [-0.15, -0.1) is 11.3 Å². The lowest BCUT2D eigenvalue weighted by molar-refractivity contribution is -0.120. The highest BCUT2D eigenvalue weighted by atomic mass is 79.9. The van der Waals surface area contributed by atoms with Gasteiger partial charge in [-0.3, -0.25) is 9.59 Å². The normalized spacial score (nSPS) is 10.3. The van der Waals surface area contributed by atoms with E-state index < -0.39 is 5.91 Å². The molecule has 2 aromatic rings. The van der Waals surface area contributed by atoms with Crippen LogP contribution in [0.1, 0.15) is 15.4 Å². The molecule has 0 aromatic carbocycles. The van der Waals surface area contributed by atoms with Crippen molar-refractivity contribution in [3.63, 3.8) is 0 Å². The molecule has 20 heavy (non-hydrogen) atoms. The van der Waals surface area contributed by atoms with Crippen molar-refractivity contribution >= 4 is 50.7 Å². The van der Waals surface area contributed by atoms with Crippen molar-refractivity contribution in [3.05, 3.63) is 43.9 Å². The van der Waals surface area contributed by atoms with E-state index in [0.717, 1.165) is 4.88 Å². The van der Waals surface area contributed by atoms with Crippen LogP contribution in [-0.4, -0.2) is 18.4 Å². The van der Waals surface area contributed by atoms with Gasteiger partial charge in [-0.2, -0.15) is 0 Å². The third kappa shape index (κ3) is 4.36. The maximum atomic E-state index is 11.6. The molecule has 0 bridgehead atoms. The minimum absolute atomic E-state index is 0.115. The van der Waals surface area contributed by atoms with E-state index in [-0.39, 0.29) is 18.2 Å². The predicted octanol–water partition coefficient (Wildman–Crippen LogP) is 2.80. The van der Waals surface area contributed by atoms with Crippen molar-refractivity contribution < 1.29 is 14.0 Å². The minimum atomic E-state index is -0.440. The van der Waals surface area contributed by atoms with Crippen molar-refractivity contribution in [2.45, 2.75) is 6.54 Å². The minimum Gasteiger partial charge on any atom is -0.444 e. The number of furan rings is 1. The fraction of sp³-hybridized carbons (Fsp3) is 0.167. The van der Waals surface area contributed by atoms with Gasteiger partial charge in [0.25, 0.3) is 5.91 Å². The monoisotopic (exact) mass is 376 g/mol. The van der Waals surface area contributed by atoms with Crippen LogP contribution in [0.15, 0.2) is 33.4 Å². The fourth-order valence-corrected chi connectivity index (χ4v) is 2.71. The number of nitrogens with one attached hydrogen (secondary N) is 2. The second-order valence-electron chi connectivity index (χ2n) is 3.77. The van der Waals surface area contributed by atoms with Crippen LogP contribution in [0.2, 0.25) is 4.34 Å². The van der Waals surface area contributed by atoms with E-state index in [2.05, 4.69) is 26.6 Å². The second kappa shape index (κ2) is 6.92. The third-order valence-corrected chi connectivity index (χ3v) is 3.95. The van der Waals surface area contributed by atoms with Crippen molar-refractivity contribution in [1.82, 2.24) is 10.6 Å². The highest BCUT2D eigenvalue weighted by molar-refractivity contribution is 9.10. The van der Waals surface area contributed by atoms with E-state index in [0.29, 0.717) is 15.6 Å². The molecule has 0 fully saturated rings. The number of thiophene rings is 1. The van der Waals surface area contributed by atoms with Gasteiger partial charge < -0.3 is 15.1 Å². The van der Waals surface area contributed by atoms with Crippen LogP contribution in [0, 0.1) is 0 Å². The molecule has 2 heterocycles. The molecule has 2 aromatic heterocycles. The molecule has 0 atom stereocenters. The zero-order valence-electron chi connectivity index (χ0n) is 10.1. The van der Waals surface area contributed by atoms with Gasteiger partial charge in [-0.05, 0) is 40.2 Å². The molecule has 0 spiro atoms. The molecule has 106 valence electrons. The Morgan fingerprint density at radius 2 is 2.05 bits per heavy atom. The zero-order chi connectivity index (χ0) is 14.5. The molecule has 0 saturated heterocycles. The average Bonchev–Trinajstić information content (AvgIpc) is 3.02. The molecule has 0 aliphatic rings. The van der Waals surface area contributed by atoms with Crippen LogP contribution in [0.5, 0.6) is 0 Å². The Kier molecular flexibility index (Phi) is 5.22. The Balaban J connectivity index is 1.73. The van der Waals surface area contributed by atoms with Crippen LogP contribution in [-0.2, 0) is 11.3 Å². The van der Waals surface area contributed by atoms with Crippen LogP contribution in [0.3, 0.4) is 0 Å². The number of halogens is 2. The first-order valence-electron chi connectivity index (χ1n) is 5.59. The van der Waals surface area contributed by atoms with Gasteiger partial charge >= 0.3 is 0 Å². The molecule has 0 aliphatic carbocycles. The Morgan fingerprint density at radius 3 is 2.65 bits per heavy atom. The van der Waals surface area contributed by atoms with Gasteiger partial charge in [0.05, 0.1) is 17.4 Å². The molecule has 2 amide bonds. The molecule has 0 unspecified atom stereocenters. The summed E-state index contributed by atoms with van der Waals surface area (Å²) in [4.78, 5) is 24.1. The number of amides is 2. The topological polar surface area (TPSA) is 71.3 Å². The van der Waals surface area contributed by atoms with E-state index in [4.69, 9.17) is 16.0 Å². The van der Waals surface area contributed by atoms with Gasteiger partial charge in [-0.25, -0.2) is 0 Å². The summed E-state index contributed by atoms with van der Waals surface area (Å²) in [7, 11) is 0. The summed E-state index contributed by atoms with van der Waals surface area (Å²) in [5.74, 6) is -0.576. The summed E-state index contributed by atoms with van der Waals surface area (Å²) in [6, 6.07) is 6.73. The Hall–Kier alpha value is -1.31. The standard InChI is InChI=1S/C12H10BrClN2O3S/c13-9-3-2-8(19-9)12(18)16-6-11(17)15-5-7-1-4-10(14)20-7/h1-4H,5-6H2,(H,15,17)(H,16,18). The van der Waals surface area contributed by atoms with Gasteiger partial charge in [0, 0.05) is 4.88 Å². The van der Waals surface area contributed by atoms with E-state index in [1.165, 1.54) is 17.4 Å². The smallest absolute Gasteiger partial charge is 0.287 e. The van der Waals surface area contributed by atoms with Crippen molar-refractivity contribution in [1.29, 1.82) is 0 Å². The number of hydrogen-bond donors (Lipinski definition) is 2. The van der Waals surface area contributed by atoms with Gasteiger partial charge in [-0.1, -0.05) is 11.6 Å². The number of carbonyl (C=O) groups excluding carboxylic acids is 2. The molecule has 2 N–H and O–H groups in total. The summed E-state index contributed by atoms with van der Waals surface area (Å²) < 4.78 is 6.20.